The predicted octanol–water partition coefficient (Wildman–Crippen LogP) is 3.04. The first-order chi connectivity index (χ1) is 7.24. The standard InChI is InChI=1S/C12H13BrO2/c13-8-3-4-9-10(14)6-11(7-1-2-7)15-12(9)5-8/h3-5,7,10-11,14H,1-2,6H2. The lowest BCUT2D eigenvalue weighted by molar-refractivity contribution is 0.0550. The van der Waals surface area contributed by atoms with Gasteiger partial charge in [-0.15, -0.1) is 0 Å². The van der Waals surface area contributed by atoms with Gasteiger partial charge in [0, 0.05) is 16.5 Å². The van der Waals surface area contributed by atoms with Gasteiger partial charge in [0.15, 0.2) is 0 Å². The first-order valence-corrected chi connectivity index (χ1v) is 6.17. The molecular weight excluding hydrogens is 256 g/mol. The second kappa shape index (κ2) is 3.49. The molecule has 0 aromatic heterocycles. The van der Waals surface area contributed by atoms with Crippen LogP contribution in [0, 0.1) is 5.92 Å². The van der Waals surface area contributed by atoms with Gasteiger partial charge < -0.3 is 9.84 Å². The van der Waals surface area contributed by atoms with Gasteiger partial charge in [-0.2, -0.15) is 0 Å². The number of fused-ring (bicyclic) bond motifs is 1. The molecule has 2 nitrogen and oxygen atoms in total. The Morgan fingerprint density at radius 1 is 1.33 bits per heavy atom. The summed E-state index contributed by atoms with van der Waals surface area (Å²) >= 11 is 3.42. The molecule has 2 unspecified atom stereocenters. The molecule has 1 fully saturated rings. The molecule has 1 saturated carbocycles. The maximum atomic E-state index is 10.0. The summed E-state index contributed by atoms with van der Waals surface area (Å²) in [5.41, 5.74) is 0.926. The quantitative estimate of drug-likeness (QED) is 0.849. The topological polar surface area (TPSA) is 29.5 Å². The van der Waals surface area contributed by atoms with Gasteiger partial charge in [0.1, 0.15) is 11.9 Å². The van der Waals surface area contributed by atoms with Crippen molar-refractivity contribution < 1.29 is 9.84 Å². The SMILES string of the molecule is OC1CC(C2CC2)Oc2cc(Br)ccc21. The molecule has 1 aromatic carbocycles. The minimum absolute atomic E-state index is 0.224. The van der Waals surface area contributed by atoms with Crippen LogP contribution in [0.15, 0.2) is 22.7 Å². The average molecular weight is 269 g/mol. The van der Waals surface area contributed by atoms with E-state index in [4.69, 9.17) is 4.74 Å². The second-order valence-corrected chi connectivity index (χ2v) is 5.34. The van der Waals surface area contributed by atoms with Gasteiger partial charge >= 0.3 is 0 Å². The van der Waals surface area contributed by atoms with Crippen LogP contribution < -0.4 is 4.74 Å². The van der Waals surface area contributed by atoms with Crippen molar-refractivity contribution in [2.45, 2.75) is 31.5 Å². The van der Waals surface area contributed by atoms with Crippen molar-refractivity contribution >= 4 is 15.9 Å². The number of ether oxygens (including phenoxy) is 1. The lowest BCUT2D eigenvalue weighted by Gasteiger charge is -2.29. The molecule has 0 spiro atoms. The number of benzene rings is 1. The molecule has 0 bridgehead atoms. The monoisotopic (exact) mass is 268 g/mol. The summed E-state index contributed by atoms with van der Waals surface area (Å²) in [7, 11) is 0. The average Bonchev–Trinajstić information content (AvgIpc) is 2.99. The zero-order valence-electron chi connectivity index (χ0n) is 8.32. The van der Waals surface area contributed by atoms with Crippen molar-refractivity contribution in [2.24, 2.45) is 5.92 Å². The minimum atomic E-state index is -0.354. The Kier molecular flexibility index (Phi) is 2.25. The molecule has 0 amide bonds. The van der Waals surface area contributed by atoms with Gasteiger partial charge in [0.05, 0.1) is 6.10 Å². The predicted molar refractivity (Wildman–Crippen MR) is 60.9 cm³/mol. The van der Waals surface area contributed by atoms with Gasteiger partial charge in [0.25, 0.3) is 0 Å². The van der Waals surface area contributed by atoms with Crippen LogP contribution in [-0.4, -0.2) is 11.2 Å². The van der Waals surface area contributed by atoms with Gasteiger partial charge in [0.2, 0.25) is 0 Å². The summed E-state index contributed by atoms with van der Waals surface area (Å²) in [6.07, 6.45) is 3.12. The second-order valence-electron chi connectivity index (χ2n) is 4.43. The van der Waals surface area contributed by atoms with Crippen LogP contribution >= 0.6 is 15.9 Å². The number of rotatable bonds is 1. The third kappa shape index (κ3) is 1.79. The van der Waals surface area contributed by atoms with Gasteiger partial charge in [-0.1, -0.05) is 22.0 Å². The van der Waals surface area contributed by atoms with E-state index in [0.29, 0.717) is 5.92 Å². The Morgan fingerprint density at radius 2 is 2.13 bits per heavy atom. The molecule has 3 heteroatoms. The highest BCUT2D eigenvalue weighted by Crippen LogP contribution is 2.44. The van der Waals surface area contributed by atoms with E-state index >= 15 is 0 Å². The Balaban J connectivity index is 1.93. The van der Waals surface area contributed by atoms with Crippen molar-refractivity contribution in [2.75, 3.05) is 0 Å². The largest absolute Gasteiger partial charge is 0.490 e. The molecule has 2 atom stereocenters. The van der Waals surface area contributed by atoms with Crippen molar-refractivity contribution in [3.8, 4) is 5.75 Å². The van der Waals surface area contributed by atoms with E-state index in [1.807, 2.05) is 18.2 Å². The fraction of sp³-hybridized carbons (Fsp3) is 0.500. The van der Waals surface area contributed by atoms with Crippen LogP contribution in [0.1, 0.15) is 30.9 Å². The summed E-state index contributed by atoms with van der Waals surface area (Å²) in [5.74, 6) is 1.52. The van der Waals surface area contributed by atoms with Crippen molar-refractivity contribution in [3.05, 3.63) is 28.2 Å². The third-order valence-electron chi connectivity index (χ3n) is 3.22. The van der Waals surface area contributed by atoms with Crippen LogP contribution in [0.3, 0.4) is 0 Å². The van der Waals surface area contributed by atoms with Crippen LogP contribution in [0.2, 0.25) is 0 Å². The Labute approximate surface area is 97.4 Å². The molecule has 1 heterocycles. The molecule has 1 aliphatic heterocycles. The van der Waals surface area contributed by atoms with Crippen molar-refractivity contribution in [3.63, 3.8) is 0 Å². The first kappa shape index (κ1) is 9.67. The van der Waals surface area contributed by atoms with E-state index in [-0.39, 0.29) is 12.2 Å². The number of hydrogen-bond acceptors (Lipinski definition) is 2. The molecular formula is C12H13BrO2. The van der Waals surface area contributed by atoms with E-state index in [0.717, 1.165) is 22.2 Å². The number of aliphatic hydroxyl groups is 1. The molecule has 0 radical (unpaired) electrons. The smallest absolute Gasteiger partial charge is 0.126 e. The van der Waals surface area contributed by atoms with Gasteiger partial charge in [-0.05, 0) is 30.9 Å². The summed E-state index contributed by atoms with van der Waals surface area (Å²) in [4.78, 5) is 0. The summed E-state index contributed by atoms with van der Waals surface area (Å²) in [6, 6.07) is 5.84. The Hall–Kier alpha value is -0.540. The van der Waals surface area contributed by atoms with E-state index in [2.05, 4.69) is 15.9 Å². The molecule has 1 N–H and O–H groups in total. The van der Waals surface area contributed by atoms with Crippen LogP contribution in [0.25, 0.3) is 0 Å². The van der Waals surface area contributed by atoms with Crippen LogP contribution in [0.5, 0.6) is 5.75 Å². The summed E-state index contributed by atoms with van der Waals surface area (Å²) < 4.78 is 6.92. The molecule has 1 aliphatic carbocycles. The normalized spacial score (nSPS) is 29.5. The summed E-state index contributed by atoms with van der Waals surface area (Å²) in [6.45, 7) is 0. The van der Waals surface area contributed by atoms with E-state index < -0.39 is 0 Å². The molecule has 80 valence electrons. The molecule has 0 saturated heterocycles. The number of halogens is 1. The Morgan fingerprint density at radius 3 is 2.87 bits per heavy atom. The van der Waals surface area contributed by atoms with Gasteiger partial charge in [-0.25, -0.2) is 0 Å². The number of aliphatic hydroxyl groups excluding tert-OH is 1. The van der Waals surface area contributed by atoms with Crippen molar-refractivity contribution in [1.82, 2.24) is 0 Å². The molecule has 1 aromatic rings. The third-order valence-corrected chi connectivity index (χ3v) is 3.71. The molecule has 15 heavy (non-hydrogen) atoms. The highest BCUT2D eigenvalue weighted by molar-refractivity contribution is 9.10. The van der Waals surface area contributed by atoms with E-state index in [1.54, 1.807) is 0 Å². The fourth-order valence-electron chi connectivity index (χ4n) is 2.20. The lowest BCUT2D eigenvalue weighted by Crippen LogP contribution is -2.27. The van der Waals surface area contributed by atoms with Gasteiger partial charge in [-0.3, -0.25) is 0 Å². The first-order valence-electron chi connectivity index (χ1n) is 5.38. The maximum absolute atomic E-state index is 10.0. The number of hydrogen-bond donors (Lipinski definition) is 1. The maximum Gasteiger partial charge on any atom is 0.126 e. The Bertz CT molecular complexity index is 387. The minimum Gasteiger partial charge on any atom is -0.490 e. The summed E-state index contributed by atoms with van der Waals surface area (Å²) in [5, 5.41) is 10.0. The van der Waals surface area contributed by atoms with Crippen molar-refractivity contribution in [1.29, 1.82) is 0 Å². The van der Waals surface area contributed by atoms with E-state index in [1.165, 1.54) is 12.8 Å². The highest BCUT2D eigenvalue weighted by Gasteiger charge is 2.38. The van der Waals surface area contributed by atoms with Crippen LogP contribution in [0.4, 0.5) is 0 Å². The van der Waals surface area contributed by atoms with Crippen LogP contribution in [-0.2, 0) is 0 Å². The molecule has 2 aliphatic rings. The van der Waals surface area contributed by atoms with E-state index in [9.17, 15) is 5.11 Å². The highest BCUT2D eigenvalue weighted by atomic mass is 79.9. The fourth-order valence-corrected chi connectivity index (χ4v) is 2.54. The molecule has 3 rings (SSSR count). The zero-order chi connectivity index (χ0) is 10.4. The lowest BCUT2D eigenvalue weighted by atomic mass is 9.97. The zero-order valence-corrected chi connectivity index (χ0v) is 9.90.